The van der Waals surface area contributed by atoms with Crippen molar-refractivity contribution in [2.75, 3.05) is 13.7 Å². The largest absolute Gasteiger partial charge is 0.393 e. The fourth-order valence-electron chi connectivity index (χ4n) is 3.38. The van der Waals surface area contributed by atoms with Crippen LogP contribution < -0.4 is 0 Å². The molecule has 1 aliphatic heterocycles. The quantitative estimate of drug-likeness (QED) is 0.900. The molecule has 1 N–H and O–H groups in total. The summed E-state index contributed by atoms with van der Waals surface area (Å²) in [6, 6.07) is 0. The molecule has 6 heteroatoms. The molecule has 2 aliphatic rings. The zero-order chi connectivity index (χ0) is 15.5. The van der Waals surface area contributed by atoms with Crippen molar-refractivity contribution in [1.29, 1.82) is 0 Å². The molecule has 1 aliphatic carbocycles. The number of aliphatic hydroxyl groups is 1. The molecule has 120 valence electrons. The van der Waals surface area contributed by atoms with Crippen molar-refractivity contribution in [3.8, 4) is 0 Å². The molecule has 1 amide bonds. The number of amides is 1. The lowest BCUT2D eigenvalue weighted by Gasteiger charge is -2.29. The summed E-state index contributed by atoms with van der Waals surface area (Å²) < 4.78 is 5.05. The average Bonchev–Trinajstić information content (AvgIpc) is 2.92. The van der Waals surface area contributed by atoms with E-state index >= 15 is 0 Å². The monoisotopic (exact) mass is 305 g/mol. The van der Waals surface area contributed by atoms with Gasteiger partial charge in [-0.2, -0.15) is 0 Å². The number of hydrogen-bond acceptors (Lipinski definition) is 5. The van der Waals surface area contributed by atoms with Gasteiger partial charge in [-0.15, -0.1) is 0 Å². The number of carbonyl (C=O) groups is 1. The summed E-state index contributed by atoms with van der Waals surface area (Å²) in [6.45, 7) is 1.68. The van der Waals surface area contributed by atoms with Crippen LogP contribution in [0.3, 0.4) is 0 Å². The van der Waals surface area contributed by atoms with Crippen molar-refractivity contribution in [3.63, 3.8) is 0 Å². The van der Waals surface area contributed by atoms with E-state index in [9.17, 15) is 9.90 Å². The van der Waals surface area contributed by atoms with Crippen LogP contribution in [0.5, 0.6) is 0 Å². The van der Waals surface area contributed by atoms with E-state index in [-0.39, 0.29) is 17.9 Å². The number of carbonyl (C=O) groups excluding carboxylic acids is 1. The maximum Gasteiger partial charge on any atom is 0.223 e. The third kappa shape index (κ3) is 3.28. The van der Waals surface area contributed by atoms with Crippen LogP contribution in [0.15, 0.2) is 6.20 Å². The highest BCUT2D eigenvalue weighted by atomic mass is 16.5. The first kappa shape index (κ1) is 15.4. The molecular weight excluding hydrogens is 282 g/mol. The van der Waals surface area contributed by atoms with Gasteiger partial charge in [0.2, 0.25) is 5.91 Å². The first-order valence-corrected chi connectivity index (χ1v) is 7.96. The van der Waals surface area contributed by atoms with E-state index in [1.807, 2.05) is 4.90 Å². The molecule has 1 saturated carbocycles. The zero-order valence-corrected chi connectivity index (χ0v) is 13.0. The van der Waals surface area contributed by atoms with Crippen LogP contribution in [0.25, 0.3) is 0 Å². The number of ether oxygens (including phenoxy) is 1. The Labute approximate surface area is 130 Å². The normalized spacial score (nSPS) is 24.4. The number of aromatic nitrogens is 2. The second-order valence-corrected chi connectivity index (χ2v) is 6.22. The molecule has 2 atom stereocenters. The Bertz CT molecular complexity index is 549. The SMILES string of the molecule is COCc1ncc2c(n1)CCN(C(=O)C[C@@H]1CCC[C@H]1O)C2. The van der Waals surface area contributed by atoms with Crippen LogP contribution in [-0.2, 0) is 29.1 Å². The summed E-state index contributed by atoms with van der Waals surface area (Å²) in [5, 5.41) is 9.87. The molecule has 2 heterocycles. The Hall–Kier alpha value is -1.53. The maximum atomic E-state index is 12.4. The van der Waals surface area contributed by atoms with E-state index in [0.717, 1.165) is 36.9 Å². The van der Waals surface area contributed by atoms with Crippen molar-refractivity contribution in [2.24, 2.45) is 5.92 Å². The van der Waals surface area contributed by atoms with Crippen LogP contribution in [0, 0.1) is 5.92 Å². The van der Waals surface area contributed by atoms with Crippen LogP contribution in [-0.4, -0.2) is 45.6 Å². The van der Waals surface area contributed by atoms with Gasteiger partial charge >= 0.3 is 0 Å². The van der Waals surface area contributed by atoms with Gasteiger partial charge in [0.05, 0.1) is 11.8 Å². The van der Waals surface area contributed by atoms with Crippen molar-refractivity contribution in [3.05, 3.63) is 23.3 Å². The average molecular weight is 305 g/mol. The summed E-state index contributed by atoms with van der Waals surface area (Å²) in [6.07, 6.45) is 5.53. The molecule has 3 rings (SSSR count). The summed E-state index contributed by atoms with van der Waals surface area (Å²) >= 11 is 0. The molecule has 22 heavy (non-hydrogen) atoms. The van der Waals surface area contributed by atoms with E-state index in [2.05, 4.69) is 9.97 Å². The second-order valence-electron chi connectivity index (χ2n) is 6.22. The third-order valence-electron chi connectivity index (χ3n) is 4.67. The van der Waals surface area contributed by atoms with Gasteiger partial charge in [0.25, 0.3) is 0 Å². The van der Waals surface area contributed by atoms with Crippen LogP contribution in [0.1, 0.15) is 42.8 Å². The Morgan fingerprint density at radius 1 is 1.50 bits per heavy atom. The van der Waals surface area contributed by atoms with Crippen molar-refractivity contribution in [2.45, 2.75) is 51.4 Å². The number of aliphatic hydroxyl groups excluding tert-OH is 1. The number of nitrogens with zero attached hydrogens (tertiary/aromatic N) is 3. The molecule has 0 spiro atoms. The van der Waals surface area contributed by atoms with E-state index in [0.29, 0.717) is 31.9 Å². The fraction of sp³-hybridized carbons (Fsp3) is 0.688. The molecule has 1 aromatic rings. The summed E-state index contributed by atoms with van der Waals surface area (Å²) in [5.74, 6) is 0.960. The summed E-state index contributed by atoms with van der Waals surface area (Å²) in [7, 11) is 1.63. The highest BCUT2D eigenvalue weighted by Gasteiger charge is 2.30. The molecule has 1 aromatic heterocycles. The van der Waals surface area contributed by atoms with E-state index in [4.69, 9.17) is 4.74 Å². The van der Waals surface area contributed by atoms with E-state index in [1.54, 1.807) is 13.3 Å². The minimum absolute atomic E-state index is 0.134. The van der Waals surface area contributed by atoms with Crippen molar-refractivity contribution in [1.82, 2.24) is 14.9 Å². The van der Waals surface area contributed by atoms with Crippen LogP contribution in [0.2, 0.25) is 0 Å². The number of fused-ring (bicyclic) bond motifs is 1. The van der Waals surface area contributed by atoms with Gasteiger partial charge in [0, 0.05) is 44.8 Å². The Morgan fingerprint density at radius 2 is 2.36 bits per heavy atom. The van der Waals surface area contributed by atoms with E-state index in [1.165, 1.54) is 0 Å². The molecule has 6 nitrogen and oxygen atoms in total. The topological polar surface area (TPSA) is 75.6 Å². The standard InChI is InChI=1S/C16H23N3O3/c1-22-10-15-17-8-12-9-19(6-5-13(12)18-15)16(21)7-11-3-2-4-14(11)20/h8,11,14,20H,2-7,9-10H2,1H3/t11-,14+/m0/s1. The van der Waals surface area contributed by atoms with Crippen molar-refractivity contribution < 1.29 is 14.6 Å². The lowest BCUT2D eigenvalue weighted by Crippen LogP contribution is -2.38. The predicted molar refractivity (Wildman–Crippen MR) is 79.8 cm³/mol. The van der Waals surface area contributed by atoms with Gasteiger partial charge in [-0.05, 0) is 18.8 Å². The summed E-state index contributed by atoms with van der Waals surface area (Å²) in [5.41, 5.74) is 2.04. The molecule has 1 fully saturated rings. The number of hydrogen-bond donors (Lipinski definition) is 1. The molecule has 0 saturated heterocycles. The highest BCUT2D eigenvalue weighted by molar-refractivity contribution is 5.76. The lowest BCUT2D eigenvalue weighted by atomic mass is 9.99. The van der Waals surface area contributed by atoms with Gasteiger partial charge in [0.15, 0.2) is 5.82 Å². The van der Waals surface area contributed by atoms with Crippen LogP contribution >= 0.6 is 0 Å². The first-order valence-electron chi connectivity index (χ1n) is 7.96. The molecular formula is C16H23N3O3. The predicted octanol–water partition coefficient (Wildman–Crippen LogP) is 1.06. The zero-order valence-electron chi connectivity index (χ0n) is 13.0. The Balaban J connectivity index is 1.62. The van der Waals surface area contributed by atoms with Gasteiger partial charge in [0.1, 0.15) is 6.61 Å². The van der Waals surface area contributed by atoms with Crippen molar-refractivity contribution >= 4 is 5.91 Å². The fourth-order valence-corrected chi connectivity index (χ4v) is 3.38. The lowest BCUT2D eigenvalue weighted by molar-refractivity contribution is -0.133. The molecule has 0 bridgehead atoms. The van der Waals surface area contributed by atoms with Gasteiger partial charge < -0.3 is 14.7 Å². The number of rotatable bonds is 4. The van der Waals surface area contributed by atoms with Gasteiger partial charge in [-0.3, -0.25) is 4.79 Å². The van der Waals surface area contributed by atoms with E-state index < -0.39 is 0 Å². The summed E-state index contributed by atoms with van der Waals surface area (Å²) in [4.78, 5) is 23.1. The Kier molecular flexibility index (Phi) is 4.69. The Morgan fingerprint density at radius 3 is 3.09 bits per heavy atom. The molecule has 0 aromatic carbocycles. The smallest absolute Gasteiger partial charge is 0.223 e. The molecule has 0 unspecified atom stereocenters. The third-order valence-corrected chi connectivity index (χ3v) is 4.67. The highest BCUT2D eigenvalue weighted by Crippen LogP contribution is 2.29. The van der Waals surface area contributed by atoms with Crippen LogP contribution in [0.4, 0.5) is 0 Å². The minimum Gasteiger partial charge on any atom is -0.393 e. The first-order chi connectivity index (χ1) is 10.7. The maximum absolute atomic E-state index is 12.4. The van der Waals surface area contributed by atoms with Gasteiger partial charge in [-0.25, -0.2) is 9.97 Å². The minimum atomic E-state index is -0.305. The number of methoxy groups -OCH3 is 1. The van der Waals surface area contributed by atoms with Gasteiger partial charge in [-0.1, -0.05) is 6.42 Å². The second kappa shape index (κ2) is 6.71. The molecule has 0 radical (unpaired) electrons.